The van der Waals surface area contributed by atoms with Crippen molar-refractivity contribution in [3.8, 4) is 23.8 Å². The van der Waals surface area contributed by atoms with Gasteiger partial charge in [0.2, 0.25) is 0 Å². The number of Topliss-reactive ketones (excluding diaryl/α,β-unsaturated/α-hetero) is 1. The molecule has 0 aromatic heterocycles. The topological polar surface area (TPSA) is 61.8 Å². The molecule has 0 unspecified atom stereocenters. The zero-order chi connectivity index (χ0) is 15.0. The summed E-state index contributed by atoms with van der Waals surface area (Å²) >= 11 is 0. The molecule has 0 bridgehead atoms. The summed E-state index contributed by atoms with van der Waals surface area (Å²) in [7, 11) is 0. The van der Waals surface area contributed by atoms with Crippen LogP contribution in [0.25, 0.3) is 0 Å². The van der Waals surface area contributed by atoms with Crippen LogP contribution in [0.4, 0.5) is 0 Å². The Morgan fingerprint density at radius 2 is 2.05 bits per heavy atom. The van der Waals surface area contributed by atoms with Gasteiger partial charge in [-0.2, -0.15) is 0 Å². The maximum Gasteiger partial charge on any atom is 0.344 e. The Hall–Kier alpha value is -2.48. The lowest BCUT2D eigenvalue weighted by Crippen LogP contribution is -2.15. The molecule has 1 rings (SSSR count). The van der Waals surface area contributed by atoms with Gasteiger partial charge in [0.1, 0.15) is 18.1 Å². The highest BCUT2D eigenvalue weighted by molar-refractivity contribution is 5.97. The highest BCUT2D eigenvalue weighted by Crippen LogP contribution is 2.25. The van der Waals surface area contributed by atoms with E-state index in [1.54, 1.807) is 19.1 Å². The first-order chi connectivity index (χ1) is 9.58. The van der Waals surface area contributed by atoms with Crippen molar-refractivity contribution < 1.29 is 23.8 Å². The Balaban J connectivity index is 2.86. The summed E-state index contributed by atoms with van der Waals surface area (Å²) in [5.41, 5.74) is 0.363. The molecule has 0 radical (unpaired) electrons. The summed E-state index contributed by atoms with van der Waals surface area (Å²) in [6.07, 6.45) is 5.10. The van der Waals surface area contributed by atoms with E-state index < -0.39 is 5.97 Å². The van der Waals surface area contributed by atoms with Crippen molar-refractivity contribution in [1.29, 1.82) is 0 Å². The van der Waals surface area contributed by atoms with Crippen molar-refractivity contribution in [1.82, 2.24) is 0 Å². The molecule has 0 atom stereocenters. The summed E-state index contributed by atoms with van der Waals surface area (Å²) in [6.45, 7) is 3.22. The van der Waals surface area contributed by atoms with E-state index >= 15 is 0 Å². The lowest BCUT2D eigenvalue weighted by molar-refractivity contribution is -0.145. The Morgan fingerprint density at radius 1 is 1.30 bits per heavy atom. The highest BCUT2D eigenvalue weighted by atomic mass is 16.6. The number of ether oxygens (including phenoxy) is 3. The fourth-order valence-corrected chi connectivity index (χ4v) is 1.47. The number of benzene rings is 1. The van der Waals surface area contributed by atoms with Crippen LogP contribution in [0.2, 0.25) is 0 Å². The fourth-order valence-electron chi connectivity index (χ4n) is 1.47. The van der Waals surface area contributed by atoms with Crippen LogP contribution in [-0.2, 0) is 9.53 Å². The zero-order valence-corrected chi connectivity index (χ0v) is 11.5. The minimum Gasteiger partial charge on any atom is -0.481 e. The quantitative estimate of drug-likeness (QED) is 0.432. The fraction of sp³-hybridized carbons (Fsp3) is 0.333. The van der Waals surface area contributed by atoms with Gasteiger partial charge in [-0.25, -0.2) is 4.79 Å². The minimum absolute atomic E-state index is 0.108. The molecule has 1 aromatic rings. The molecule has 106 valence electrons. The average Bonchev–Trinajstić information content (AvgIpc) is 2.43. The van der Waals surface area contributed by atoms with Gasteiger partial charge < -0.3 is 14.2 Å². The third-order valence-electron chi connectivity index (χ3n) is 2.31. The van der Waals surface area contributed by atoms with Gasteiger partial charge in [-0.05, 0) is 26.0 Å². The van der Waals surface area contributed by atoms with Gasteiger partial charge in [-0.1, -0.05) is 5.92 Å². The molecule has 0 saturated carbocycles. The summed E-state index contributed by atoms with van der Waals surface area (Å²) in [4.78, 5) is 22.8. The predicted octanol–water partition coefficient (Wildman–Crippen LogP) is 1.84. The van der Waals surface area contributed by atoms with Crippen molar-refractivity contribution in [2.45, 2.75) is 13.8 Å². The van der Waals surface area contributed by atoms with E-state index in [1.807, 2.05) is 0 Å². The second kappa shape index (κ2) is 7.85. The molecule has 0 amide bonds. The standard InChI is InChI=1S/C15H16O5/c1-4-8-19-12-6-7-13(11(3)16)14(9-12)20-10-15(17)18-5-2/h1,6-7,9H,5,8,10H2,2-3H3. The first-order valence-corrected chi connectivity index (χ1v) is 6.08. The SMILES string of the molecule is C#CCOc1ccc(C(C)=O)c(OCC(=O)OCC)c1. The molecule has 1 aromatic carbocycles. The molecule has 0 spiro atoms. The molecular formula is C15H16O5. The number of hydrogen-bond donors (Lipinski definition) is 0. The van der Waals surface area contributed by atoms with Gasteiger partial charge in [0.05, 0.1) is 12.2 Å². The molecule has 0 saturated heterocycles. The van der Waals surface area contributed by atoms with E-state index in [-0.39, 0.29) is 31.4 Å². The van der Waals surface area contributed by atoms with E-state index in [1.165, 1.54) is 13.0 Å². The van der Waals surface area contributed by atoms with Crippen molar-refractivity contribution in [2.24, 2.45) is 0 Å². The Kier molecular flexibility index (Phi) is 6.11. The number of terminal acetylenes is 1. The summed E-state index contributed by atoms with van der Waals surface area (Å²) < 4.78 is 15.3. The Labute approximate surface area is 117 Å². The molecular weight excluding hydrogens is 260 g/mol. The molecule has 0 aliphatic heterocycles. The second-order valence-electron chi connectivity index (χ2n) is 3.80. The molecule has 0 fully saturated rings. The van der Waals surface area contributed by atoms with Crippen molar-refractivity contribution in [3.05, 3.63) is 23.8 Å². The van der Waals surface area contributed by atoms with Crippen molar-refractivity contribution >= 4 is 11.8 Å². The van der Waals surface area contributed by atoms with Crippen molar-refractivity contribution in [3.63, 3.8) is 0 Å². The monoisotopic (exact) mass is 276 g/mol. The van der Waals surface area contributed by atoms with E-state index in [4.69, 9.17) is 20.6 Å². The van der Waals surface area contributed by atoms with E-state index in [2.05, 4.69) is 5.92 Å². The van der Waals surface area contributed by atoms with Crippen LogP contribution in [0.1, 0.15) is 24.2 Å². The van der Waals surface area contributed by atoms with E-state index in [9.17, 15) is 9.59 Å². The smallest absolute Gasteiger partial charge is 0.344 e. The first kappa shape index (κ1) is 15.6. The molecule has 20 heavy (non-hydrogen) atoms. The van der Waals surface area contributed by atoms with Crippen LogP contribution in [0.15, 0.2) is 18.2 Å². The van der Waals surface area contributed by atoms with Gasteiger partial charge in [0.25, 0.3) is 0 Å². The zero-order valence-electron chi connectivity index (χ0n) is 11.5. The number of hydrogen-bond acceptors (Lipinski definition) is 5. The summed E-state index contributed by atoms with van der Waals surface area (Å²) in [6, 6.07) is 4.70. The number of carbonyl (C=O) groups is 2. The van der Waals surface area contributed by atoms with Gasteiger partial charge >= 0.3 is 5.97 Å². The van der Waals surface area contributed by atoms with Crippen LogP contribution in [-0.4, -0.2) is 31.6 Å². The van der Waals surface area contributed by atoms with E-state index in [0.717, 1.165) is 0 Å². The predicted molar refractivity (Wildman–Crippen MR) is 72.9 cm³/mol. The maximum atomic E-state index is 11.5. The molecule has 0 N–H and O–H groups in total. The van der Waals surface area contributed by atoms with Crippen LogP contribution < -0.4 is 9.47 Å². The lowest BCUT2D eigenvalue weighted by Gasteiger charge is -2.11. The van der Waals surface area contributed by atoms with E-state index in [0.29, 0.717) is 11.3 Å². The number of esters is 1. The largest absolute Gasteiger partial charge is 0.481 e. The third kappa shape index (κ3) is 4.65. The molecule has 0 aliphatic rings. The van der Waals surface area contributed by atoms with Crippen LogP contribution in [0, 0.1) is 12.3 Å². The van der Waals surface area contributed by atoms with Gasteiger partial charge in [-0.15, -0.1) is 6.42 Å². The number of carbonyl (C=O) groups excluding carboxylic acids is 2. The van der Waals surface area contributed by atoms with Gasteiger partial charge in [0, 0.05) is 6.07 Å². The minimum atomic E-state index is -0.503. The summed E-state index contributed by atoms with van der Waals surface area (Å²) in [5, 5.41) is 0. The molecule has 5 nitrogen and oxygen atoms in total. The Bertz CT molecular complexity index is 528. The normalized spacial score (nSPS) is 9.45. The number of rotatable bonds is 7. The molecule has 0 aliphatic carbocycles. The van der Waals surface area contributed by atoms with Gasteiger partial charge in [-0.3, -0.25) is 4.79 Å². The van der Waals surface area contributed by atoms with Crippen LogP contribution in [0.5, 0.6) is 11.5 Å². The summed E-state index contributed by atoms with van der Waals surface area (Å²) in [5.74, 6) is 2.39. The van der Waals surface area contributed by atoms with Gasteiger partial charge in [0.15, 0.2) is 12.4 Å². The second-order valence-corrected chi connectivity index (χ2v) is 3.80. The van der Waals surface area contributed by atoms with Crippen LogP contribution >= 0.6 is 0 Å². The number of ketones is 1. The maximum absolute atomic E-state index is 11.5. The lowest BCUT2D eigenvalue weighted by atomic mass is 10.1. The third-order valence-corrected chi connectivity index (χ3v) is 2.31. The van der Waals surface area contributed by atoms with Crippen molar-refractivity contribution in [2.75, 3.05) is 19.8 Å². The first-order valence-electron chi connectivity index (χ1n) is 6.08. The molecule has 0 heterocycles. The van der Waals surface area contributed by atoms with Crippen LogP contribution in [0.3, 0.4) is 0 Å². The highest BCUT2D eigenvalue weighted by Gasteiger charge is 2.12. The molecule has 5 heteroatoms. The Morgan fingerprint density at radius 3 is 2.65 bits per heavy atom. The average molecular weight is 276 g/mol.